The average Bonchev–Trinajstić information content (AvgIpc) is 3.32. The van der Waals surface area contributed by atoms with Gasteiger partial charge in [-0.2, -0.15) is 0 Å². The van der Waals surface area contributed by atoms with Crippen molar-refractivity contribution in [3.05, 3.63) is 132 Å². The molecule has 34 heavy (non-hydrogen) atoms. The van der Waals surface area contributed by atoms with Crippen LogP contribution >= 0.6 is 0 Å². The highest BCUT2D eigenvalue weighted by atomic mass is 32.2. The first-order valence-corrected chi connectivity index (χ1v) is 12.6. The fourth-order valence-corrected chi connectivity index (χ4v) is 6.34. The van der Waals surface area contributed by atoms with Crippen LogP contribution in [0.4, 0.5) is 5.69 Å². The molecular weight excluding hydrogens is 446 g/mol. The molecule has 0 saturated carbocycles. The molecule has 6 heteroatoms. The Morgan fingerprint density at radius 2 is 1.18 bits per heavy atom. The van der Waals surface area contributed by atoms with Crippen molar-refractivity contribution in [2.45, 2.75) is 22.3 Å². The lowest BCUT2D eigenvalue weighted by molar-refractivity contribution is 0.0562. The normalized spacial score (nSPS) is 20.2. The molecule has 1 aliphatic rings. The largest absolute Gasteiger partial charge is 0.291 e. The molecule has 1 heterocycles. The summed E-state index contributed by atoms with van der Waals surface area (Å²) >= 11 is 0. The molecule has 0 spiro atoms. The quantitative estimate of drug-likeness (QED) is 0.360. The number of ketones is 1. The lowest BCUT2D eigenvalue weighted by Crippen LogP contribution is -2.39. The first kappa shape index (κ1) is 22.1. The van der Waals surface area contributed by atoms with Gasteiger partial charge in [0.1, 0.15) is 11.3 Å². The van der Waals surface area contributed by atoms with Gasteiger partial charge in [0.05, 0.1) is 10.6 Å². The molecule has 170 valence electrons. The minimum Gasteiger partial charge on any atom is -0.291 e. The SMILES string of the molecule is O=C(c1ccccc1)[C@@H]1ON(c2ccccc2)[C@H](c2ccccc2)[C@H]1S(=O)(=O)c1ccccc1. The summed E-state index contributed by atoms with van der Waals surface area (Å²) in [5, 5.41) is 0.414. The highest BCUT2D eigenvalue weighted by molar-refractivity contribution is 7.92. The van der Waals surface area contributed by atoms with E-state index in [1.165, 1.54) is 0 Å². The van der Waals surface area contributed by atoms with Gasteiger partial charge in [-0.25, -0.2) is 13.5 Å². The van der Waals surface area contributed by atoms with Crippen LogP contribution in [0.5, 0.6) is 0 Å². The summed E-state index contributed by atoms with van der Waals surface area (Å²) in [5.74, 6) is -0.371. The van der Waals surface area contributed by atoms with Gasteiger partial charge in [-0.1, -0.05) is 97.1 Å². The monoisotopic (exact) mass is 469 g/mol. The number of para-hydroxylation sites is 1. The summed E-state index contributed by atoms with van der Waals surface area (Å²) in [5.41, 5.74) is 1.83. The van der Waals surface area contributed by atoms with Gasteiger partial charge >= 0.3 is 0 Å². The summed E-state index contributed by atoms with van der Waals surface area (Å²) in [6.07, 6.45) is -1.22. The van der Waals surface area contributed by atoms with Gasteiger partial charge in [-0.15, -0.1) is 0 Å². The maximum atomic E-state index is 14.1. The number of carbonyl (C=O) groups is 1. The fourth-order valence-electron chi connectivity index (χ4n) is 4.38. The highest BCUT2D eigenvalue weighted by Gasteiger charge is 2.54. The second-order valence-electron chi connectivity index (χ2n) is 8.10. The maximum Gasteiger partial charge on any atom is 0.195 e. The standard InChI is InChI=1S/C28H23NO4S/c30-26(22-15-7-2-8-16-22)27-28(34(31,32)24-19-11-4-12-20-24)25(21-13-5-1-6-14-21)29(33-27)23-17-9-3-10-18-23/h1-20,25,27-28H/t25-,27+,28-/m1/s1. The van der Waals surface area contributed by atoms with Gasteiger partial charge in [0.2, 0.25) is 0 Å². The third kappa shape index (κ3) is 4.02. The van der Waals surface area contributed by atoms with Crippen LogP contribution in [0.25, 0.3) is 0 Å². The van der Waals surface area contributed by atoms with Crippen LogP contribution in [0.1, 0.15) is 22.0 Å². The number of nitrogens with zero attached hydrogens (tertiary/aromatic N) is 1. The number of hydrogen-bond acceptors (Lipinski definition) is 5. The molecule has 4 aromatic carbocycles. The molecule has 0 amide bonds. The van der Waals surface area contributed by atoms with Crippen LogP contribution in [-0.4, -0.2) is 25.6 Å². The van der Waals surface area contributed by atoms with Gasteiger partial charge in [-0.05, 0) is 29.8 Å². The number of anilines is 1. The van der Waals surface area contributed by atoms with E-state index in [4.69, 9.17) is 4.84 Å². The predicted octanol–water partition coefficient (Wildman–Crippen LogP) is 5.27. The topological polar surface area (TPSA) is 63.7 Å². The number of hydrogen-bond donors (Lipinski definition) is 0. The Morgan fingerprint density at radius 1 is 0.676 bits per heavy atom. The van der Waals surface area contributed by atoms with Crippen LogP contribution in [0.3, 0.4) is 0 Å². The first-order valence-electron chi connectivity index (χ1n) is 11.0. The van der Waals surface area contributed by atoms with Crippen molar-refractivity contribution in [1.82, 2.24) is 0 Å². The van der Waals surface area contributed by atoms with E-state index in [2.05, 4.69) is 0 Å². The van der Waals surface area contributed by atoms with Crippen LogP contribution < -0.4 is 5.06 Å². The average molecular weight is 470 g/mol. The Labute approximate surface area is 199 Å². The summed E-state index contributed by atoms with van der Waals surface area (Å²) in [6.45, 7) is 0. The smallest absolute Gasteiger partial charge is 0.195 e. The van der Waals surface area contributed by atoms with Crippen LogP contribution in [0, 0.1) is 0 Å². The van der Waals surface area contributed by atoms with E-state index in [1.54, 1.807) is 59.7 Å². The predicted molar refractivity (Wildman–Crippen MR) is 131 cm³/mol. The number of carbonyl (C=O) groups excluding carboxylic acids is 1. The van der Waals surface area contributed by atoms with Crippen molar-refractivity contribution < 1.29 is 18.0 Å². The van der Waals surface area contributed by atoms with Gasteiger partial charge in [0.15, 0.2) is 21.7 Å². The van der Waals surface area contributed by atoms with E-state index in [9.17, 15) is 13.2 Å². The Bertz CT molecular complexity index is 1360. The Kier molecular flexibility index (Phi) is 6.01. The summed E-state index contributed by atoms with van der Waals surface area (Å²) in [6, 6.07) is 34.8. The zero-order valence-corrected chi connectivity index (χ0v) is 19.1. The molecule has 0 N–H and O–H groups in total. The third-order valence-corrected chi connectivity index (χ3v) is 8.14. The molecule has 5 nitrogen and oxygen atoms in total. The zero-order chi connectivity index (χ0) is 23.5. The second kappa shape index (κ2) is 9.25. The molecule has 4 aromatic rings. The minimum absolute atomic E-state index is 0.158. The van der Waals surface area contributed by atoms with E-state index < -0.39 is 27.2 Å². The first-order chi connectivity index (χ1) is 16.6. The third-order valence-electron chi connectivity index (χ3n) is 5.99. The van der Waals surface area contributed by atoms with Crippen LogP contribution in [0.2, 0.25) is 0 Å². The number of benzene rings is 4. The van der Waals surface area contributed by atoms with Gasteiger partial charge in [0, 0.05) is 5.56 Å². The molecule has 1 saturated heterocycles. The number of Topliss-reactive ketones (excluding diaryl/α,β-unsaturated/α-hetero) is 1. The fraction of sp³-hybridized carbons (Fsp3) is 0.107. The molecule has 0 radical (unpaired) electrons. The van der Waals surface area contributed by atoms with Crippen LogP contribution in [0.15, 0.2) is 126 Å². The van der Waals surface area contributed by atoms with Crippen molar-refractivity contribution in [2.75, 3.05) is 5.06 Å². The van der Waals surface area contributed by atoms with Crippen molar-refractivity contribution in [2.24, 2.45) is 0 Å². The molecule has 3 atom stereocenters. The molecule has 0 aromatic heterocycles. The van der Waals surface area contributed by atoms with E-state index in [0.29, 0.717) is 11.3 Å². The molecule has 1 aliphatic heterocycles. The number of sulfone groups is 1. The van der Waals surface area contributed by atoms with Crippen molar-refractivity contribution in [1.29, 1.82) is 0 Å². The summed E-state index contributed by atoms with van der Waals surface area (Å²) < 4.78 is 28.2. The van der Waals surface area contributed by atoms with Crippen molar-refractivity contribution in [3.63, 3.8) is 0 Å². The molecule has 0 aliphatic carbocycles. The van der Waals surface area contributed by atoms with Crippen molar-refractivity contribution >= 4 is 21.3 Å². The lowest BCUT2D eigenvalue weighted by Gasteiger charge is -2.27. The minimum atomic E-state index is -3.97. The van der Waals surface area contributed by atoms with Gasteiger partial charge in [-0.3, -0.25) is 9.63 Å². The van der Waals surface area contributed by atoms with E-state index in [0.717, 1.165) is 5.56 Å². The second-order valence-corrected chi connectivity index (χ2v) is 10.2. The number of rotatable bonds is 6. The zero-order valence-electron chi connectivity index (χ0n) is 18.3. The van der Waals surface area contributed by atoms with E-state index in [-0.39, 0.29) is 10.7 Å². The molecule has 0 bridgehead atoms. The maximum absolute atomic E-state index is 14.1. The lowest BCUT2D eigenvalue weighted by atomic mass is 9.96. The Hall–Kier alpha value is -3.74. The van der Waals surface area contributed by atoms with Crippen molar-refractivity contribution in [3.8, 4) is 0 Å². The van der Waals surface area contributed by atoms with E-state index in [1.807, 2.05) is 66.7 Å². The summed E-state index contributed by atoms with van der Waals surface area (Å²) in [7, 11) is -3.97. The summed E-state index contributed by atoms with van der Waals surface area (Å²) in [4.78, 5) is 20.1. The Balaban J connectivity index is 1.71. The Morgan fingerprint density at radius 3 is 1.76 bits per heavy atom. The molecule has 0 unspecified atom stereocenters. The van der Waals surface area contributed by atoms with Gasteiger partial charge < -0.3 is 0 Å². The van der Waals surface area contributed by atoms with E-state index >= 15 is 0 Å². The molecule has 5 rings (SSSR count). The molecular formula is C28H23NO4S. The molecule has 1 fully saturated rings. The highest BCUT2D eigenvalue weighted by Crippen LogP contribution is 2.44. The van der Waals surface area contributed by atoms with Crippen LogP contribution in [-0.2, 0) is 14.7 Å². The number of hydroxylamine groups is 1. The van der Waals surface area contributed by atoms with Gasteiger partial charge in [0.25, 0.3) is 0 Å².